The number of benzene rings is 2. The number of hydrogen-bond acceptors (Lipinski definition) is 2. The third-order valence-corrected chi connectivity index (χ3v) is 4.45. The summed E-state index contributed by atoms with van der Waals surface area (Å²) in [5.41, 5.74) is 2.62. The molecule has 0 radical (unpaired) electrons. The molecule has 0 bridgehead atoms. The topological polar surface area (TPSA) is 29.1 Å². The number of nitrogens with one attached hydrogen (secondary N) is 1. The van der Waals surface area contributed by atoms with Gasteiger partial charge in [0.1, 0.15) is 0 Å². The number of para-hydroxylation sites is 1. The predicted molar refractivity (Wildman–Crippen MR) is 91.4 cm³/mol. The van der Waals surface area contributed by atoms with Gasteiger partial charge in [0.2, 0.25) is 5.91 Å². The number of anilines is 1. The molecule has 1 N–H and O–H groups in total. The summed E-state index contributed by atoms with van der Waals surface area (Å²) >= 11 is 0.672. The third-order valence-electron chi connectivity index (χ3n) is 3.31. The molecule has 6 heteroatoms. The molecule has 0 atom stereocenters. The van der Waals surface area contributed by atoms with Crippen molar-refractivity contribution in [3.63, 3.8) is 0 Å². The van der Waals surface area contributed by atoms with Crippen LogP contribution in [0.2, 0.25) is 0 Å². The molecule has 0 aromatic heterocycles. The zero-order valence-corrected chi connectivity index (χ0v) is 14.0. The van der Waals surface area contributed by atoms with E-state index in [0.29, 0.717) is 28.8 Å². The average Bonchev–Trinajstić information content (AvgIpc) is 2.53. The molecule has 0 spiro atoms. The van der Waals surface area contributed by atoms with Gasteiger partial charge in [-0.15, -0.1) is 11.8 Å². The molecule has 0 unspecified atom stereocenters. The summed E-state index contributed by atoms with van der Waals surface area (Å²) in [6.45, 7) is 1.99. The monoisotopic (exact) mass is 353 g/mol. The van der Waals surface area contributed by atoms with Crippen molar-refractivity contribution in [2.24, 2.45) is 0 Å². The van der Waals surface area contributed by atoms with Crippen molar-refractivity contribution in [3.8, 4) is 0 Å². The minimum Gasteiger partial charge on any atom is -0.325 e. The maximum absolute atomic E-state index is 12.4. The minimum atomic E-state index is -4.24. The Labute approximate surface area is 143 Å². The minimum absolute atomic E-state index is 0.212. The van der Waals surface area contributed by atoms with Crippen LogP contribution < -0.4 is 5.32 Å². The van der Waals surface area contributed by atoms with E-state index in [2.05, 4.69) is 5.32 Å². The van der Waals surface area contributed by atoms with Gasteiger partial charge in [-0.2, -0.15) is 13.2 Å². The summed E-state index contributed by atoms with van der Waals surface area (Å²) in [5, 5.41) is 2.70. The molecule has 2 nitrogen and oxygen atoms in total. The van der Waals surface area contributed by atoms with Crippen molar-refractivity contribution in [2.45, 2.75) is 30.8 Å². The fourth-order valence-corrected chi connectivity index (χ4v) is 2.85. The predicted octanol–water partition coefficient (Wildman–Crippen LogP) is 5.22. The van der Waals surface area contributed by atoms with E-state index in [1.54, 1.807) is 24.3 Å². The van der Waals surface area contributed by atoms with Crippen LogP contribution in [0, 0.1) is 6.92 Å². The fraction of sp³-hybridized carbons (Fsp3) is 0.278. The average molecular weight is 353 g/mol. The van der Waals surface area contributed by atoms with Gasteiger partial charge >= 0.3 is 6.18 Å². The Bertz CT molecular complexity index is 683. The normalized spacial score (nSPS) is 11.3. The highest BCUT2D eigenvalue weighted by molar-refractivity contribution is 7.99. The van der Waals surface area contributed by atoms with E-state index in [4.69, 9.17) is 0 Å². The Balaban J connectivity index is 1.92. The lowest BCUT2D eigenvalue weighted by molar-refractivity contribution is -0.116. The van der Waals surface area contributed by atoms with E-state index in [9.17, 15) is 18.0 Å². The SMILES string of the molecule is Cc1ccc(CCC(=O)Nc2ccccc2SCC(F)(F)F)cc1. The number of hydrogen-bond donors (Lipinski definition) is 1. The lowest BCUT2D eigenvalue weighted by Crippen LogP contribution is -2.14. The largest absolute Gasteiger partial charge is 0.398 e. The second-order valence-electron chi connectivity index (χ2n) is 5.43. The standard InChI is InChI=1S/C18H18F3NOS/c1-13-6-8-14(9-7-13)10-11-17(23)22-15-4-2-3-5-16(15)24-12-18(19,20)21/h2-9H,10-12H2,1H3,(H,22,23). The van der Waals surface area contributed by atoms with Crippen molar-refractivity contribution in [1.29, 1.82) is 0 Å². The maximum atomic E-state index is 12.4. The lowest BCUT2D eigenvalue weighted by Gasteiger charge is -2.12. The zero-order valence-electron chi connectivity index (χ0n) is 13.2. The van der Waals surface area contributed by atoms with Crippen molar-refractivity contribution >= 4 is 23.4 Å². The first-order valence-electron chi connectivity index (χ1n) is 7.47. The molecule has 0 aliphatic rings. The van der Waals surface area contributed by atoms with Crippen LogP contribution >= 0.6 is 11.8 Å². The van der Waals surface area contributed by atoms with Gasteiger partial charge in [-0.1, -0.05) is 42.0 Å². The first-order valence-corrected chi connectivity index (χ1v) is 8.46. The molecule has 2 aromatic carbocycles. The summed E-state index contributed by atoms with van der Waals surface area (Å²) in [6, 6.07) is 14.4. The molecule has 0 heterocycles. The molecule has 0 aliphatic heterocycles. The zero-order chi connectivity index (χ0) is 17.6. The Morgan fingerprint density at radius 3 is 2.42 bits per heavy atom. The summed E-state index contributed by atoms with van der Waals surface area (Å²) in [5.74, 6) is -1.20. The summed E-state index contributed by atoms with van der Waals surface area (Å²) in [6.07, 6.45) is -3.38. The third kappa shape index (κ3) is 6.28. The molecule has 2 aromatic rings. The first kappa shape index (κ1) is 18.4. The van der Waals surface area contributed by atoms with E-state index >= 15 is 0 Å². The van der Waals surface area contributed by atoms with Crippen molar-refractivity contribution < 1.29 is 18.0 Å². The molecule has 0 saturated heterocycles. The van der Waals surface area contributed by atoms with E-state index < -0.39 is 11.9 Å². The van der Waals surface area contributed by atoms with Crippen LogP contribution in [0.4, 0.5) is 18.9 Å². The van der Waals surface area contributed by atoms with Crippen molar-refractivity contribution in [1.82, 2.24) is 0 Å². The summed E-state index contributed by atoms with van der Waals surface area (Å²) in [4.78, 5) is 12.5. The number of halogens is 3. The fourth-order valence-electron chi connectivity index (χ4n) is 2.08. The van der Waals surface area contributed by atoms with Gasteiger partial charge in [0.25, 0.3) is 0 Å². The van der Waals surface area contributed by atoms with Gasteiger partial charge in [0.05, 0.1) is 11.4 Å². The number of carbonyl (C=O) groups excluding carboxylic acids is 1. The Hall–Kier alpha value is -1.95. The Morgan fingerprint density at radius 1 is 1.08 bits per heavy atom. The Morgan fingerprint density at radius 2 is 1.75 bits per heavy atom. The van der Waals surface area contributed by atoms with Gasteiger partial charge in [-0.3, -0.25) is 4.79 Å². The maximum Gasteiger partial charge on any atom is 0.398 e. The van der Waals surface area contributed by atoms with E-state index in [1.165, 1.54) is 0 Å². The van der Waals surface area contributed by atoms with E-state index in [-0.39, 0.29) is 12.3 Å². The second-order valence-corrected chi connectivity index (χ2v) is 6.45. The summed E-state index contributed by atoms with van der Waals surface area (Å²) in [7, 11) is 0. The van der Waals surface area contributed by atoms with E-state index in [0.717, 1.165) is 11.1 Å². The van der Waals surface area contributed by atoms with Gasteiger partial charge in [0, 0.05) is 11.3 Å². The molecule has 1 amide bonds. The van der Waals surface area contributed by atoms with Crippen LogP contribution in [-0.4, -0.2) is 17.8 Å². The highest BCUT2D eigenvalue weighted by Crippen LogP contribution is 2.32. The molecule has 0 fully saturated rings. The van der Waals surface area contributed by atoms with Crippen LogP contribution in [0.3, 0.4) is 0 Å². The molecule has 128 valence electrons. The number of carbonyl (C=O) groups is 1. The van der Waals surface area contributed by atoms with Crippen molar-refractivity contribution in [2.75, 3.05) is 11.1 Å². The lowest BCUT2D eigenvalue weighted by atomic mass is 10.1. The molecule has 24 heavy (non-hydrogen) atoms. The number of amides is 1. The summed E-state index contributed by atoms with van der Waals surface area (Å²) < 4.78 is 37.1. The van der Waals surface area contributed by atoms with Gasteiger partial charge < -0.3 is 5.32 Å². The molecular weight excluding hydrogens is 335 g/mol. The van der Waals surface area contributed by atoms with Crippen LogP contribution in [0.25, 0.3) is 0 Å². The Kier molecular flexibility index (Phi) is 6.31. The second kappa shape index (κ2) is 8.24. The van der Waals surface area contributed by atoms with Gasteiger partial charge in [0.15, 0.2) is 0 Å². The first-order chi connectivity index (χ1) is 11.3. The molecule has 0 aliphatic carbocycles. The highest BCUT2D eigenvalue weighted by Gasteiger charge is 2.27. The number of rotatable bonds is 6. The van der Waals surface area contributed by atoms with Crippen LogP contribution in [0.5, 0.6) is 0 Å². The molecule has 2 rings (SSSR count). The van der Waals surface area contributed by atoms with Gasteiger partial charge in [-0.05, 0) is 31.0 Å². The van der Waals surface area contributed by atoms with Crippen LogP contribution in [0.15, 0.2) is 53.4 Å². The van der Waals surface area contributed by atoms with Crippen LogP contribution in [-0.2, 0) is 11.2 Å². The quantitative estimate of drug-likeness (QED) is 0.721. The molecule has 0 saturated carbocycles. The van der Waals surface area contributed by atoms with Crippen LogP contribution in [0.1, 0.15) is 17.5 Å². The van der Waals surface area contributed by atoms with Gasteiger partial charge in [-0.25, -0.2) is 0 Å². The van der Waals surface area contributed by atoms with Crippen molar-refractivity contribution in [3.05, 3.63) is 59.7 Å². The number of alkyl halides is 3. The molecular formula is C18H18F3NOS. The highest BCUT2D eigenvalue weighted by atomic mass is 32.2. The van der Waals surface area contributed by atoms with E-state index in [1.807, 2.05) is 31.2 Å². The number of aryl methyl sites for hydroxylation is 2. The number of thioether (sulfide) groups is 1. The smallest absolute Gasteiger partial charge is 0.325 e.